The van der Waals surface area contributed by atoms with Gasteiger partial charge in [-0.2, -0.15) is 4.58 Å². The van der Waals surface area contributed by atoms with E-state index in [1.54, 1.807) is 7.11 Å². The summed E-state index contributed by atoms with van der Waals surface area (Å²) in [5.41, 5.74) is 7.71. The summed E-state index contributed by atoms with van der Waals surface area (Å²) in [4.78, 5) is 2.27. The van der Waals surface area contributed by atoms with Gasteiger partial charge in [0, 0.05) is 41.6 Å². The lowest BCUT2D eigenvalue weighted by Gasteiger charge is -2.23. The third-order valence-electron chi connectivity index (χ3n) is 7.13. The topological polar surface area (TPSA) is 15.5 Å². The number of ether oxygens (including phenoxy) is 1. The van der Waals surface area contributed by atoms with Crippen molar-refractivity contribution in [1.29, 1.82) is 0 Å². The zero-order chi connectivity index (χ0) is 23.8. The van der Waals surface area contributed by atoms with E-state index in [9.17, 15) is 0 Å². The Bertz CT molecular complexity index is 1220. The Hall–Kier alpha value is -3.33. The molecule has 0 spiro atoms. The van der Waals surface area contributed by atoms with E-state index in [1.165, 1.54) is 33.9 Å². The Balaban J connectivity index is 1.47. The second-order valence-corrected chi connectivity index (χ2v) is 9.83. The fourth-order valence-electron chi connectivity index (χ4n) is 5.23. The van der Waals surface area contributed by atoms with Crippen molar-refractivity contribution in [2.24, 2.45) is 0 Å². The molecule has 3 heteroatoms. The molecule has 2 heterocycles. The van der Waals surface area contributed by atoms with Gasteiger partial charge in [0.2, 0.25) is 5.69 Å². The van der Waals surface area contributed by atoms with Crippen molar-refractivity contribution in [3.05, 3.63) is 102 Å². The van der Waals surface area contributed by atoms with Crippen LogP contribution in [0.15, 0.2) is 90.7 Å². The minimum atomic E-state index is -0.0726. The maximum Gasteiger partial charge on any atom is 0.209 e. The molecule has 33 heavy (non-hydrogen) atoms. The summed E-state index contributed by atoms with van der Waals surface area (Å²) in [6, 6.07) is 15.0. The number of hydrogen-bond acceptors (Lipinski definition) is 2. The largest absolute Gasteiger partial charge is 0.497 e. The van der Waals surface area contributed by atoms with Gasteiger partial charge in [0.15, 0.2) is 5.71 Å². The fourth-order valence-corrected chi connectivity index (χ4v) is 5.23. The minimum Gasteiger partial charge on any atom is -0.497 e. The molecule has 2 aromatic carbocycles. The third-order valence-corrected chi connectivity index (χ3v) is 7.13. The Morgan fingerprint density at radius 3 is 2.27 bits per heavy atom. The molecule has 4 rings (SSSR count). The molecule has 0 aliphatic carbocycles. The number of allylic oxidation sites excluding steroid dienone is 8. The van der Waals surface area contributed by atoms with Crippen molar-refractivity contribution < 1.29 is 9.31 Å². The number of hydrogen-bond donors (Lipinski definition) is 0. The highest BCUT2D eigenvalue weighted by Gasteiger charge is 2.42. The van der Waals surface area contributed by atoms with Crippen LogP contribution in [0, 0.1) is 0 Å². The van der Waals surface area contributed by atoms with Crippen LogP contribution in [0.5, 0.6) is 5.75 Å². The first kappa shape index (κ1) is 22.8. The number of nitrogens with zero attached hydrogens (tertiary/aromatic N) is 2. The van der Waals surface area contributed by atoms with E-state index in [1.807, 2.05) is 6.07 Å². The summed E-state index contributed by atoms with van der Waals surface area (Å²) >= 11 is 0. The van der Waals surface area contributed by atoms with Crippen LogP contribution < -0.4 is 9.64 Å². The molecule has 0 saturated carbocycles. The van der Waals surface area contributed by atoms with E-state index in [4.69, 9.17) is 4.74 Å². The molecule has 0 atom stereocenters. The van der Waals surface area contributed by atoms with Crippen molar-refractivity contribution >= 4 is 17.1 Å². The van der Waals surface area contributed by atoms with E-state index in [0.717, 1.165) is 5.75 Å². The molecule has 0 bridgehead atoms. The zero-order valence-electron chi connectivity index (χ0n) is 20.9. The molecular weight excluding hydrogens is 404 g/mol. The van der Waals surface area contributed by atoms with E-state index in [0.29, 0.717) is 0 Å². The highest BCUT2D eigenvalue weighted by Crippen LogP contribution is 2.48. The van der Waals surface area contributed by atoms with Crippen molar-refractivity contribution in [2.45, 2.75) is 38.5 Å². The van der Waals surface area contributed by atoms with Gasteiger partial charge >= 0.3 is 0 Å². The van der Waals surface area contributed by atoms with Gasteiger partial charge in [0.1, 0.15) is 12.8 Å². The SMILES string of the molecule is COc1ccc2c(c1)C(C)(C)\C(=C/C=C/C=C/C=C/C1=[N+](C)c3ccccc3C1(C)C)N2C. The number of fused-ring (bicyclic) bond motifs is 2. The van der Waals surface area contributed by atoms with Crippen LogP contribution in [-0.2, 0) is 10.8 Å². The first-order valence-corrected chi connectivity index (χ1v) is 11.5. The molecule has 2 aromatic rings. The molecule has 0 fully saturated rings. The summed E-state index contributed by atoms with van der Waals surface area (Å²) in [7, 11) is 6.00. The predicted molar refractivity (Wildman–Crippen MR) is 140 cm³/mol. The van der Waals surface area contributed by atoms with Gasteiger partial charge in [-0.3, -0.25) is 0 Å². The van der Waals surface area contributed by atoms with Crippen molar-refractivity contribution in [3.8, 4) is 5.75 Å². The van der Waals surface area contributed by atoms with Crippen LogP contribution in [-0.4, -0.2) is 31.5 Å². The number of likely N-dealkylation sites (N-methyl/N-ethyl adjacent to an activating group) is 1. The summed E-state index contributed by atoms with van der Waals surface area (Å²) in [5, 5.41) is 0. The minimum absolute atomic E-state index is 0.00622. The summed E-state index contributed by atoms with van der Waals surface area (Å²) < 4.78 is 7.74. The molecule has 0 unspecified atom stereocenters. The molecule has 2 aliphatic heterocycles. The normalized spacial score (nSPS) is 20.0. The van der Waals surface area contributed by atoms with Crippen molar-refractivity contribution in [2.75, 3.05) is 26.1 Å². The Morgan fingerprint density at radius 1 is 0.848 bits per heavy atom. The molecule has 0 radical (unpaired) electrons. The first-order chi connectivity index (χ1) is 15.7. The number of anilines is 1. The average Bonchev–Trinajstić information content (AvgIpc) is 3.11. The van der Waals surface area contributed by atoms with Gasteiger partial charge in [-0.05, 0) is 43.7 Å². The quantitative estimate of drug-likeness (QED) is 0.381. The first-order valence-electron chi connectivity index (χ1n) is 11.5. The van der Waals surface area contributed by atoms with Crippen LogP contribution >= 0.6 is 0 Å². The highest BCUT2D eigenvalue weighted by atomic mass is 16.5. The molecule has 0 N–H and O–H groups in total. The summed E-state index contributed by atoms with van der Waals surface area (Å²) in [5.74, 6) is 0.902. The maximum atomic E-state index is 5.44. The van der Waals surface area contributed by atoms with Crippen LogP contribution in [0.1, 0.15) is 38.8 Å². The van der Waals surface area contributed by atoms with E-state index >= 15 is 0 Å². The molecule has 0 saturated heterocycles. The second-order valence-electron chi connectivity index (χ2n) is 9.83. The van der Waals surface area contributed by atoms with Crippen molar-refractivity contribution in [1.82, 2.24) is 0 Å². The smallest absolute Gasteiger partial charge is 0.209 e. The number of methoxy groups -OCH3 is 1. The summed E-state index contributed by atoms with van der Waals surface area (Å²) in [6.45, 7) is 9.11. The van der Waals surface area contributed by atoms with Gasteiger partial charge in [0.25, 0.3) is 0 Å². The Morgan fingerprint density at radius 2 is 1.55 bits per heavy atom. The van der Waals surface area contributed by atoms with E-state index in [-0.39, 0.29) is 10.8 Å². The molecule has 0 amide bonds. The van der Waals surface area contributed by atoms with Crippen molar-refractivity contribution in [3.63, 3.8) is 0 Å². The molecular formula is C30H35N2O+. The monoisotopic (exact) mass is 439 g/mol. The molecule has 2 aliphatic rings. The number of rotatable bonds is 5. The van der Waals surface area contributed by atoms with Crippen LogP contribution in [0.2, 0.25) is 0 Å². The van der Waals surface area contributed by atoms with E-state index in [2.05, 4.69) is 130 Å². The van der Waals surface area contributed by atoms with Gasteiger partial charge in [0.05, 0.1) is 12.5 Å². The lowest BCUT2D eigenvalue weighted by atomic mass is 9.81. The van der Waals surface area contributed by atoms with Gasteiger partial charge < -0.3 is 9.64 Å². The Kier molecular flexibility index (Phi) is 5.92. The third kappa shape index (κ3) is 3.86. The molecule has 3 nitrogen and oxygen atoms in total. The fraction of sp³-hybridized carbons (Fsp3) is 0.300. The average molecular weight is 440 g/mol. The maximum absolute atomic E-state index is 5.44. The zero-order valence-corrected chi connectivity index (χ0v) is 20.9. The van der Waals surface area contributed by atoms with Crippen LogP contribution in [0.4, 0.5) is 11.4 Å². The van der Waals surface area contributed by atoms with Gasteiger partial charge in [-0.1, -0.05) is 62.4 Å². The van der Waals surface area contributed by atoms with E-state index < -0.39 is 0 Å². The van der Waals surface area contributed by atoms with Gasteiger partial charge in [-0.15, -0.1) is 0 Å². The van der Waals surface area contributed by atoms with Crippen LogP contribution in [0.3, 0.4) is 0 Å². The van der Waals surface area contributed by atoms with Crippen LogP contribution in [0.25, 0.3) is 0 Å². The molecule has 170 valence electrons. The Labute approximate surface area is 198 Å². The number of para-hydroxylation sites is 1. The van der Waals surface area contributed by atoms with Gasteiger partial charge in [-0.25, -0.2) is 0 Å². The highest BCUT2D eigenvalue weighted by molar-refractivity contribution is 6.03. The lowest BCUT2D eigenvalue weighted by molar-refractivity contribution is -0.401. The predicted octanol–water partition coefficient (Wildman–Crippen LogP) is 6.68. The second kappa shape index (κ2) is 8.55. The lowest BCUT2D eigenvalue weighted by Crippen LogP contribution is -2.26. The number of benzene rings is 2. The molecule has 0 aromatic heterocycles. The summed E-state index contributed by atoms with van der Waals surface area (Å²) in [6.07, 6.45) is 15.0. The standard InChI is InChI=1S/C30H35N2O/c1-29(2)23-15-13-14-16-25(23)31(5)27(29)17-11-9-8-10-12-18-28-30(3,4)24-21-22(33-7)19-20-26(24)32(28)6/h8-21H,1-7H3/q+1.